The number of hydrogen-bond donors (Lipinski definition) is 1. The zero-order valence-electron chi connectivity index (χ0n) is 18.5. The van der Waals surface area contributed by atoms with Crippen molar-refractivity contribution < 1.29 is 4.74 Å². The van der Waals surface area contributed by atoms with E-state index in [0.717, 1.165) is 93.0 Å². The molecular formula is C24H29N7O. The van der Waals surface area contributed by atoms with Crippen LogP contribution in [0.15, 0.2) is 42.6 Å². The molecule has 2 saturated heterocycles. The maximum Gasteiger partial charge on any atom is 0.158 e. The number of benzene rings is 1. The first kappa shape index (κ1) is 19.7. The van der Waals surface area contributed by atoms with Crippen LogP contribution in [0.3, 0.4) is 0 Å². The van der Waals surface area contributed by atoms with Gasteiger partial charge in [0.25, 0.3) is 0 Å². The number of piperazine rings is 1. The van der Waals surface area contributed by atoms with Gasteiger partial charge in [0.15, 0.2) is 5.65 Å². The SMILES string of the molecule is CN1CCN(Cc2cc3nc(-c4cccc5[nH]ccc45)cc(N4CCOCC4)n3n2)CC1. The molecule has 8 heteroatoms. The number of anilines is 1. The molecule has 1 aromatic carbocycles. The van der Waals surface area contributed by atoms with Crippen LogP contribution in [0.5, 0.6) is 0 Å². The monoisotopic (exact) mass is 431 g/mol. The molecule has 0 saturated carbocycles. The van der Waals surface area contributed by atoms with E-state index in [4.69, 9.17) is 14.8 Å². The molecule has 0 radical (unpaired) electrons. The second-order valence-corrected chi connectivity index (χ2v) is 8.83. The van der Waals surface area contributed by atoms with Crippen molar-refractivity contribution in [2.75, 3.05) is 64.4 Å². The molecule has 0 atom stereocenters. The van der Waals surface area contributed by atoms with Crippen LogP contribution >= 0.6 is 0 Å². The molecule has 2 aliphatic heterocycles. The Bertz CT molecular complexity index is 1230. The van der Waals surface area contributed by atoms with E-state index in [1.165, 1.54) is 5.39 Å². The number of rotatable bonds is 4. The number of ether oxygens (including phenoxy) is 1. The molecule has 8 nitrogen and oxygen atoms in total. The zero-order chi connectivity index (χ0) is 21.5. The van der Waals surface area contributed by atoms with Crippen molar-refractivity contribution in [1.29, 1.82) is 0 Å². The van der Waals surface area contributed by atoms with Crippen molar-refractivity contribution >= 4 is 22.4 Å². The summed E-state index contributed by atoms with van der Waals surface area (Å²) < 4.78 is 7.63. The van der Waals surface area contributed by atoms with Gasteiger partial charge in [-0.15, -0.1) is 0 Å². The van der Waals surface area contributed by atoms with Gasteiger partial charge in [0, 0.05) is 80.6 Å². The number of nitrogens with one attached hydrogen (secondary N) is 1. The normalized spacial score (nSPS) is 18.7. The second kappa shape index (κ2) is 8.20. The lowest BCUT2D eigenvalue weighted by atomic mass is 10.1. The Morgan fingerprint density at radius 1 is 1.00 bits per heavy atom. The first-order valence-corrected chi connectivity index (χ1v) is 11.4. The van der Waals surface area contributed by atoms with Gasteiger partial charge in [-0.25, -0.2) is 4.98 Å². The fraction of sp³-hybridized carbons (Fsp3) is 0.417. The molecule has 0 amide bonds. The number of fused-ring (bicyclic) bond motifs is 2. The first-order chi connectivity index (χ1) is 15.7. The standard InChI is InChI=1S/C24H29N7O/c1-28-7-9-29(10-8-28)17-18-15-23-26-22(19-3-2-4-21-20(19)5-6-25-21)16-24(31(23)27-18)30-11-13-32-14-12-30/h2-6,15-16,25H,7-14,17H2,1H3. The summed E-state index contributed by atoms with van der Waals surface area (Å²) in [5, 5.41) is 6.19. The molecule has 32 heavy (non-hydrogen) atoms. The minimum Gasteiger partial charge on any atom is -0.378 e. The third-order valence-corrected chi connectivity index (χ3v) is 6.65. The predicted octanol–water partition coefficient (Wildman–Crippen LogP) is 2.46. The average molecular weight is 432 g/mol. The summed E-state index contributed by atoms with van der Waals surface area (Å²) >= 11 is 0. The van der Waals surface area contributed by atoms with Gasteiger partial charge >= 0.3 is 0 Å². The molecule has 1 N–H and O–H groups in total. The molecule has 4 aromatic rings. The Morgan fingerprint density at radius 2 is 1.84 bits per heavy atom. The summed E-state index contributed by atoms with van der Waals surface area (Å²) in [6, 6.07) is 12.8. The van der Waals surface area contributed by atoms with Gasteiger partial charge in [0.05, 0.1) is 24.6 Å². The van der Waals surface area contributed by atoms with Gasteiger partial charge in [-0.05, 0) is 19.2 Å². The van der Waals surface area contributed by atoms with E-state index in [1.807, 2.05) is 10.7 Å². The summed E-state index contributed by atoms with van der Waals surface area (Å²) in [6.07, 6.45) is 1.99. The summed E-state index contributed by atoms with van der Waals surface area (Å²) in [5.74, 6) is 1.09. The van der Waals surface area contributed by atoms with Gasteiger partial charge in [0.2, 0.25) is 0 Å². The number of morpholine rings is 1. The van der Waals surface area contributed by atoms with Crippen molar-refractivity contribution in [3.63, 3.8) is 0 Å². The lowest BCUT2D eigenvalue weighted by Crippen LogP contribution is -2.43. The van der Waals surface area contributed by atoms with Crippen LogP contribution in [0.25, 0.3) is 27.8 Å². The summed E-state index contributed by atoms with van der Waals surface area (Å²) in [7, 11) is 2.19. The minimum absolute atomic E-state index is 0.738. The Hall–Kier alpha value is -2.94. The molecule has 6 rings (SSSR count). The van der Waals surface area contributed by atoms with Gasteiger partial charge in [0.1, 0.15) is 5.82 Å². The number of H-pyrrole nitrogens is 1. The Kier molecular flexibility index (Phi) is 5.05. The van der Waals surface area contributed by atoms with Crippen LogP contribution in [0, 0.1) is 0 Å². The Balaban J connectivity index is 1.43. The maximum absolute atomic E-state index is 5.61. The van der Waals surface area contributed by atoms with Crippen LogP contribution in [-0.4, -0.2) is 88.9 Å². The maximum atomic E-state index is 5.61. The smallest absolute Gasteiger partial charge is 0.158 e. The molecule has 0 bridgehead atoms. The Labute approximate surface area is 187 Å². The summed E-state index contributed by atoms with van der Waals surface area (Å²) in [5.41, 5.74) is 5.23. The number of aromatic amines is 1. The zero-order valence-corrected chi connectivity index (χ0v) is 18.5. The third kappa shape index (κ3) is 3.64. The fourth-order valence-corrected chi connectivity index (χ4v) is 4.78. The highest BCUT2D eigenvalue weighted by Crippen LogP contribution is 2.30. The highest BCUT2D eigenvalue weighted by atomic mass is 16.5. The quantitative estimate of drug-likeness (QED) is 0.536. The van der Waals surface area contributed by atoms with E-state index in [1.54, 1.807) is 0 Å². The highest BCUT2D eigenvalue weighted by molar-refractivity contribution is 5.94. The predicted molar refractivity (Wildman–Crippen MR) is 126 cm³/mol. The molecule has 0 aliphatic carbocycles. The topological polar surface area (TPSA) is 64.9 Å². The molecule has 166 valence electrons. The van der Waals surface area contributed by atoms with E-state index in [9.17, 15) is 0 Å². The molecule has 0 spiro atoms. The van der Waals surface area contributed by atoms with E-state index in [2.05, 4.69) is 63.1 Å². The molecule has 2 aliphatic rings. The van der Waals surface area contributed by atoms with Crippen LogP contribution in [-0.2, 0) is 11.3 Å². The van der Waals surface area contributed by atoms with Gasteiger partial charge in [-0.2, -0.15) is 9.61 Å². The lowest BCUT2D eigenvalue weighted by Gasteiger charge is -2.31. The Morgan fingerprint density at radius 3 is 2.69 bits per heavy atom. The minimum atomic E-state index is 0.738. The highest BCUT2D eigenvalue weighted by Gasteiger charge is 2.21. The number of aromatic nitrogens is 4. The van der Waals surface area contributed by atoms with Crippen molar-refractivity contribution in [2.24, 2.45) is 0 Å². The van der Waals surface area contributed by atoms with Crippen molar-refractivity contribution in [3.8, 4) is 11.3 Å². The lowest BCUT2D eigenvalue weighted by molar-refractivity contribution is 0.122. The van der Waals surface area contributed by atoms with Crippen LogP contribution in [0.1, 0.15) is 5.69 Å². The van der Waals surface area contributed by atoms with Crippen LogP contribution in [0.2, 0.25) is 0 Å². The molecule has 2 fully saturated rings. The number of hydrogen-bond acceptors (Lipinski definition) is 6. The molecule has 0 unspecified atom stereocenters. The summed E-state index contributed by atoms with van der Waals surface area (Å²) in [6.45, 7) is 8.43. The van der Waals surface area contributed by atoms with E-state index >= 15 is 0 Å². The molecule has 3 aromatic heterocycles. The van der Waals surface area contributed by atoms with E-state index in [-0.39, 0.29) is 0 Å². The van der Waals surface area contributed by atoms with Gasteiger partial charge < -0.3 is 19.5 Å². The second-order valence-electron chi connectivity index (χ2n) is 8.83. The van der Waals surface area contributed by atoms with Gasteiger partial charge in [-0.3, -0.25) is 4.90 Å². The first-order valence-electron chi connectivity index (χ1n) is 11.4. The third-order valence-electron chi connectivity index (χ3n) is 6.65. The van der Waals surface area contributed by atoms with Crippen LogP contribution in [0.4, 0.5) is 5.82 Å². The van der Waals surface area contributed by atoms with E-state index < -0.39 is 0 Å². The molecule has 5 heterocycles. The van der Waals surface area contributed by atoms with E-state index in [0.29, 0.717) is 0 Å². The van der Waals surface area contributed by atoms with Crippen molar-refractivity contribution in [2.45, 2.75) is 6.54 Å². The largest absolute Gasteiger partial charge is 0.378 e. The van der Waals surface area contributed by atoms with Crippen LogP contribution < -0.4 is 4.90 Å². The average Bonchev–Trinajstić information content (AvgIpc) is 3.47. The van der Waals surface area contributed by atoms with Crippen molar-refractivity contribution in [1.82, 2.24) is 29.4 Å². The van der Waals surface area contributed by atoms with Crippen molar-refractivity contribution in [3.05, 3.63) is 48.3 Å². The fourth-order valence-electron chi connectivity index (χ4n) is 4.78. The van der Waals surface area contributed by atoms with Gasteiger partial charge in [-0.1, -0.05) is 12.1 Å². The number of nitrogens with zero attached hydrogens (tertiary/aromatic N) is 6. The summed E-state index contributed by atoms with van der Waals surface area (Å²) in [4.78, 5) is 15.6. The number of likely N-dealkylation sites (N-methyl/N-ethyl adjacent to an activating group) is 1. The molecular weight excluding hydrogens is 402 g/mol.